The van der Waals surface area contributed by atoms with Crippen LogP contribution in [0.15, 0.2) is 18.2 Å². The van der Waals surface area contributed by atoms with Crippen molar-refractivity contribution in [1.82, 2.24) is 10.3 Å². The minimum Gasteiger partial charge on any atom is -0.314 e. The first-order valence-corrected chi connectivity index (χ1v) is 5.37. The van der Waals surface area contributed by atoms with Crippen LogP contribution in [0, 0.1) is 0 Å². The number of nitrogens with zero attached hydrogens (tertiary/aromatic N) is 1. The molecule has 0 unspecified atom stereocenters. The Kier molecular flexibility index (Phi) is 3.30. The van der Waals surface area contributed by atoms with E-state index in [2.05, 4.69) is 10.3 Å². The van der Waals surface area contributed by atoms with E-state index in [0.29, 0.717) is 12.2 Å². The van der Waals surface area contributed by atoms with E-state index in [1.54, 1.807) is 19.2 Å². The highest BCUT2D eigenvalue weighted by Crippen LogP contribution is 2.41. The number of nitrogens with one attached hydrogen (secondary N) is 1. The van der Waals surface area contributed by atoms with Crippen LogP contribution in [0.25, 0.3) is 0 Å². The molecule has 1 aromatic heterocycles. The second kappa shape index (κ2) is 4.09. The molecular weight excluding hydrogens is 191 g/mol. The quantitative estimate of drug-likeness (QED) is 0.481. The average molecular weight is 203 g/mol. The molecule has 13 heavy (non-hydrogen) atoms. The molecule has 0 spiro atoms. The molecule has 0 radical (unpaired) electrons. The van der Waals surface area contributed by atoms with Crippen molar-refractivity contribution in [2.75, 3.05) is 7.05 Å². The zero-order valence-corrected chi connectivity index (χ0v) is 8.07. The van der Waals surface area contributed by atoms with Crippen molar-refractivity contribution >= 4 is 13.4 Å². The Bertz CT molecular complexity index is 287. The predicted molar refractivity (Wildman–Crippen MR) is 50.2 cm³/mol. The molecule has 0 amide bonds. The van der Waals surface area contributed by atoms with Gasteiger partial charge in [-0.25, -0.2) is 4.98 Å². The van der Waals surface area contributed by atoms with Crippen molar-refractivity contribution in [3.63, 3.8) is 0 Å². The lowest BCUT2D eigenvalue weighted by molar-refractivity contribution is 0.345. The molecule has 4 N–H and O–H groups in total. The van der Waals surface area contributed by atoms with Crippen LogP contribution in [0.4, 0.5) is 0 Å². The molecule has 72 valence electrons. The largest absolute Gasteiger partial charge is 0.460 e. The first-order valence-electron chi connectivity index (χ1n) is 3.72. The van der Waals surface area contributed by atoms with Gasteiger partial charge in [0.25, 0.3) is 5.44 Å². The third-order valence-electron chi connectivity index (χ3n) is 1.46. The Labute approximate surface area is 76.7 Å². The Morgan fingerprint density at radius 2 is 2.08 bits per heavy atom. The van der Waals surface area contributed by atoms with Crippen LogP contribution in [-0.4, -0.2) is 26.7 Å². The van der Waals surface area contributed by atoms with E-state index in [9.17, 15) is 0 Å². The van der Waals surface area contributed by atoms with E-state index >= 15 is 0 Å². The molecule has 0 aliphatic rings. The standard InChI is InChI=1S/C7H12N2O3P/c1-8-5-6-3-2-4-7(9-6)13(10,11)12/h2-4,8,10-12H,5H2,1H3/q+1. The molecule has 5 nitrogen and oxygen atoms in total. The van der Waals surface area contributed by atoms with Crippen molar-refractivity contribution in [3.8, 4) is 0 Å². The number of aromatic nitrogens is 1. The van der Waals surface area contributed by atoms with E-state index in [1.165, 1.54) is 6.07 Å². The molecule has 0 aliphatic heterocycles. The smallest absolute Gasteiger partial charge is 0.314 e. The maximum atomic E-state index is 8.92. The molecule has 0 saturated carbocycles. The highest BCUT2D eigenvalue weighted by molar-refractivity contribution is 7.66. The fraction of sp³-hybridized carbons (Fsp3) is 0.286. The second-order valence-electron chi connectivity index (χ2n) is 2.59. The molecular formula is C7H12N2O3P+. The Hall–Kier alpha value is -0.580. The number of hydrogen-bond donors (Lipinski definition) is 4. The number of hydrogen-bond acceptors (Lipinski definition) is 5. The number of pyridine rings is 1. The van der Waals surface area contributed by atoms with Crippen LogP contribution in [0.3, 0.4) is 0 Å². The molecule has 6 heteroatoms. The maximum absolute atomic E-state index is 8.92. The van der Waals surface area contributed by atoms with E-state index in [0.717, 1.165) is 0 Å². The Morgan fingerprint density at radius 3 is 2.62 bits per heavy atom. The van der Waals surface area contributed by atoms with Crippen LogP contribution < -0.4 is 10.8 Å². The highest BCUT2D eigenvalue weighted by Gasteiger charge is 2.36. The summed E-state index contributed by atoms with van der Waals surface area (Å²) >= 11 is 0. The van der Waals surface area contributed by atoms with Crippen LogP contribution in [0.2, 0.25) is 0 Å². The van der Waals surface area contributed by atoms with Crippen molar-refractivity contribution in [2.45, 2.75) is 6.54 Å². The summed E-state index contributed by atoms with van der Waals surface area (Å²) in [6.45, 7) is 0.522. The Balaban J connectivity index is 2.92. The van der Waals surface area contributed by atoms with Gasteiger partial charge in [-0.3, -0.25) is 0 Å². The first kappa shape index (κ1) is 10.5. The third-order valence-corrected chi connectivity index (χ3v) is 2.32. The highest BCUT2D eigenvalue weighted by atomic mass is 31.2. The molecule has 0 aromatic carbocycles. The summed E-state index contributed by atoms with van der Waals surface area (Å²) < 4.78 is 0. The summed E-state index contributed by atoms with van der Waals surface area (Å²) in [5.74, 6) is 0. The molecule has 1 aromatic rings. The normalized spacial score (nSPS) is 11.7. The van der Waals surface area contributed by atoms with Gasteiger partial charge in [-0.2, -0.15) is 14.7 Å². The lowest BCUT2D eigenvalue weighted by Gasteiger charge is -2.03. The van der Waals surface area contributed by atoms with E-state index in [-0.39, 0.29) is 5.44 Å². The molecule has 0 saturated heterocycles. The van der Waals surface area contributed by atoms with Crippen LogP contribution in [0.5, 0.6) is 0 Å². The van der Waals surface area contributed by atoms with E-state index in [1.807, 2.05) is 0 Å². The van der Waals surface area contributed by atoms with Crippen molar-refractivity contribution in [3.05, 3.63) is 23.9 Å². The minimum atomic E-state index is -3.96. The molecule has 1 heterocycles. The monoisotopic (exact) mass is 203 g/mol. The predicted octanol–water partition coefficient (Wildman–Crippen LogP) is -0.834. The van der Waals surface area contributed by atoms with Crippen molar-refractivity contribution in [2.24, 2.45) is 0 Å². The average Bonchev–Trinajstić information content (AvgIpc) is 2.04. The minimum absolute atomic E-state index is 0.0692. The zero-order chi connectivity index (χ0) is 9.90. The van der Waals surface area contributed by atoms with Gasteiger partial charge in [-0.05, 0) is 13.1 Å². The molecule has 0 atom stereocenters. The second-order valence-corrected chi connectivity index (χ2v) is 4.18. The van der Waals surface area contributed by atoms with Gasteiger partial charge in [0.15, 0.2) is 0 Å². The first-order chi connectivity index (χ1) is 6.04. The molecule has 0 aliphatic carbocycles. The Morgan fingerprint density at radius 1 is 1.38 bits per heavy atom. The van der Waals surface area contributed by atoms with Crippen LogP contribution >= 0.6 is 7.94 Å². The summed E-state index contributed by atoms with van der Waals surface area (Å²) in [4.78, 5) is 30.6. The topological polar surface area (TPSA) is 85.6 Å². The summed E-state index contributed by atoms with van der Waals surface area (Å²) in [5.41, 5.74) is 0.585. The van der Waals surface area contributed by atoms with Gasteiger partial charge < -0.3 is 5.32 Å². The van der Waals surface area contributed by atoms with Gasteiger partial charge in [-0.15, -0.1) is 0 Å². The van der Waals surface area contributed by atoms with Gasteiger partial charge in [0.05, 0.1) is 5.69 Å². The molecule has 1 rings (SSSR count). The van der Waals surface area contributed by atoms with Gasteiger partial charge in [0.2, 0.25) is 0 Å². The van der Waals surface area contributed by atoms with Crippen LogP contribution in [-0.2, 0) is 6.54 Å². The summed E-state index contributed by atoms with van der Waals surface area (Å²) in [6.07, 6.45) is 0. The SMILES string of the molecule is CNCc1cccc([P+](O)(O)O)n1. The van der Waals surface area contributed by atoms with Crippen molar-refractivity contribution < 1.29 is 14.7 Å². The summed E-state index contributed by atoms with van der Waals surface area (Å²) in [7, 11) is -2.20. The maximum Gasteiger partial charge on any atom is 0.460 e. The molecule has 0 bridgehead atoms. The van der Waals surface area contributed by atoms with Crippen LogP contribution in [0.1, 0.15) is 5.69 Å². The number of rotatable bonds is 3. The third kappa shape index (κ3) is 2.99. The fourth-order valence-electron chi connectivity index (χ4n) is 0.914. The van der Waals surface area contributed by atoms with Gasteiger partial charge in [-0.1, -0.05) is 6.07 Å². The van der Waals surface area contributed by atoms with Gasteiger partial charge in [0.1, 0.15) is 0 Å². The fourth-order valence-corrected chi connectivity index (χ4v) is 1.46. The lowest BCUT2D eigenvalue weighted by Crippen LogP contribution is -2.17. The van der Waals surface area contributed by atoms with E-state index < -0.39 is 7.94 Å². The van der Waals surface area contributed by atoms with Gasteiger partial charge in [0, 0.05) is 12.6 Å². The van der Waals surface area contributed by atoms with E-state index in [4.69, 9.17) is 14.7 Å². The summed E-state index contributed by atoms with van der Waals surface area (Å²) in [5, 5.41) is 2.87. The van der Waals surface area contributed by atoms with Gasteiger partial charge >= 0.3 is 7.94 Å². The lowest BCUT2D eigenvalue weighted by atomic mass is 10.3. The summed E-state index contributed by atoms with van der Waals surface area (Å²) in [6, 6.07) is 4.73. The zero-order valence-electron chi connectivity index (χ0n) is 7.18. The molecule has 0 fully saturated rings. The van der Waals surface area contributed by atoms with Crippen molar-refractivity contribution in [1.29, 1.82) is 0 Å².